The van der Waals surface area contributed by atoms with Crippen molar-refractivity contribution in [2.45, 2.75) is 39.7 Å². The highest BCUT2D eigenvalue weighted by molar-refractivity contribution is 6.36. The van der Waals surface area contributed by atoms with Crippen molar-refractivity contribution >= 4 is 29.1 Å². The summed E-state index contributed by atoms with van der Waals surface area (Å²) in [6.45, 7) is 6.11. The molecule has 2 aromatic rings. The maximum atomic E-state index is 12.2. The number of benzene rings is 2. The fraction of sp³-hybridized carbons (Fsp3) is 0.316. The third-order valence-electron chi connectivity index (χ3n) is 3.94. The van der Waals surface area contributed by atoms with E-state index in [9.17, 15) is 4.79 Å². The SMILES string of the molecule is Cc1ccc(C)c([C@H](C)NC(=O)CCc2c(Cl)cccc2Cl)c1. The number of hydrogen-bond donors (Lipinski definition) is 1. The van der Waals surface area contributed by atoms with Gasteiger partial charge < -0.3 is 5.32 Å². The van der Waals surface area contributed by atoms with Crippen LogP contribution in [-0.2, 0) is 11.2 Å². The van der Waals surface area contributed by atoms with Crippen molar-refractivity contribution < 1.29 is 4.79 Å². The van der Waals surface area contributed by atoms with Crippen LogP contribution in [0.15, 0.2) is 36.4 Å². The quantitative estimate of drug-likeness (QED) is 0.766. The van der Waals surface area contributed by atoms with Gasteiger partial charge in [-0.1, -0.05) is 53.0 Å². The van der Waals surface area contributed by atoms with E-state index in [1.54, 1.807) is 18.2 Å². The van der Waals surface area contributed by atoms with E-state index in [-0.39, 0.29) is 11.9 Å². The van der Waals surface area contributed by atoms with Crippen molar-refractivity contribution in [1.82, 2.24) is 5.32 Å². The fourth-order valence-electron chi connectivity index (χ4n) is 2.63. The normalized spacial score (nSPS) is 12.0. The summed E-state index contributed by atoms with van der Waals surface area (Å²) >= 11 is 12.3. The third-order valence-corrected chi connectivity index (χ3v) is 4.65. The average molecular weight is 350 g/mol. The van der Waals surface area contributed by atoms with E-state index in [1.165, 1.54) is 11.1 Å². The van der Waals surface area contributed by atoms with Crippen LogP contribution in [0.5, 0.6) is 0 Å². The van der Waals surface area contributed by atoms with Crippen molar-refractivity contribution in [2.75, 3.05) is 0 Å². The number of halogens is 2. The van der Waals surface area contributed by atoms with E-state index in [2.05, 4.69) is 37.4 Å². The molecule has 0 aliphatic carbocycles. The van der Waals surface area contributed by atoms with Crippen LogP contribution in [0.3, 0.4) is 0 Å². The molecule has 1 atom stereocenters. The molecule has 122 valence electrons. The molecule has 0 unspecified atom stereocenters. The van der Waals surface area contributed by atoms with Crippen LogP contribution in [-0.4, -0.2) is 5.91 Å². The van der Waals surface area contributed by atoms with Gasteiger partial charge in [-0.3, -0.25) is 4.79 Å². The van der Waals surface area contributed by atoms with Crippen LogP contribution in [0.4, 0.5) is 0 Å². The fourth-order valence-corrected chi connectivity index (χ4v) is 3.21. The number of carbonyl (C=O) groups is 1. The molecule has 0 saturated carbocycles. The largest absolute Gasteiger partial charge is 0.350 e. The van der Waals surface area contributed by atoms with E-state index in [4.69, 9.17) is 23.2 Å². The minimum Gasteiger partial charge on any atom is -0.350 e. The first-order chi connectivity index (χ1) is 10.9. The molecule has 0 aromatic heterocycles. The van der Waals surface area contributed by atoms with E-state index in [0.717, 1.165) is 11.1 Å². The van der Waals surface area contributed by atoms with Crippen LogP contribution < -0.4 is 5.32 Å². The van der Waals surface area contributed by atoms with Crippen LogP contribution in [0.25, 0.3) is 0 Å². The smallest absolute Gasteiger partial charge is 0.220 e. The van der Waals surface area contributed by atoms with Gasteiger partial charge in [0, 0.05) is 16.5 Å². The lowest BCUT2D eigenvalue weighted by molar-refractivity contribution is -0.121. The Hall–Kier alpha value is -1.51. The number of rotatable bonds is 5. The Labute approximate surface area is 147 Å². The number of amides is 1. The van der Waals surface area contributed by atoms with E-state index < -0.39 is 0 Å². The van der Waals surface area contributed by atoms with Crippen molar-refractivity contribution in [3.63, 3.8) is 0 Å². The van der Waals surface area contributed by atoms with Gasteiger partial charge in [0.2, 0.25) is 5.91 Å². The van der Waals surface area contributed by atoms with Crippen molar-refractivity contribution in [3.8, 4) is 0 Å². The minimum atomic E-state index is -0.0240. The second kappa shape index (κ2) is 7.85. The summed E-state index contributed by atoms with van der Waals surface area (Å²) in [5.41, 5.74) is 4.34. The lowest BCUT2D eigenvalue weighted by atomic mass is 10.00. The summed E-state index contributed by atoms with van der Waals surface area (Å²) < 4.78 is 0. The van der Waals surface area contributed by atoms with Gasteiger partial charge in [-0.25, -0.2) is 0 Å². The lowest BCUT2D eigenvalue weighted by Gasteiger charge is -2.17. The number of nitrogens with one attached hydrogen (secondary N) is 1. The van der Waals surface area contributed by atoms with Gasteiger partial charge >= 0.3 is 0 Å². The molecule has 0 aliphatic heterocycles. The van der Waals surface area contributed by atoms with Crippen molar-refractivity contribution in [3.05, 3.63) is 68.7 Å². The lowest BCUT2D eigenvalue weighted by Crippen LogP contribution is -2.27. The summed E-state index contributed by atoms with van der Waals surface area (Å²) in [6, 6.07) is 11.6. The van der Waals surface area contributed by atoms with Gasteiger partial charge in [0.25, 0.3) is 0 Å². The summed E-state index contributed by atoms with van der Waals surface area (Å²) in [4.78, 5) is 12.2. The van der Waals surface area contributed by atoms with Crippen molar-refractivity contribution in [2.24, 2.45) is 0 Å². The Kier molecular flexibility index (Phi) is 6.09. The summed E-state index contributed by atoms with van der Waals surface area (Å²) in [5.74, 6) is -0.00519. The molecule has 1 N–H and O–H groups in total. The first kappa shape index (κ1) is 17.8. The molecule has 0 saturated heterocycles. The van der Waals surface area contributed by atoms with Crippen LogP contribution in [0.1, 0.15) is 41.6 Å². The van der Waals surface area contributed by atoms with Gasteiger partial charge in [0.05, 0.1) is 6.04 Å². The molecule has 4 heteroatoms. The van der Waals surface area contributed by atoms with Crippen LogP contribution in [0.2, 0.25) is 10.0 Å². The zero-order chi connectivity index (χ0) is 17.0. The Balaban J connectivity index is 1.98. The molecule has 23 heavy (non-hydrogen) atoms. The van der Waals surface area contributed by atoms with Gasteiger partial charge in [-0.15, -0.1) is 0 Å². The molecule has 0 heterocycles. The predicted octanol–water partition coefficient (Wildman–Crippen LogP) is 5.42. The molecular formula is C19H21Cl2NO. The van der Waals surface area contributed by atoms with Gasteiger partial charge in [-0.2, -0.15) is 0 Å². The Bertz CT molecular complexity index is 692. The second-order valence-corrected chi connectivity index (χ2v) is 6.66. The highest BCUT2D eigenvalue weighted by Gasteiger charge is 2.13. The number of aryl methyl sites for hydroxylation is 2. The first-order valence-electron chi connectivity index (χ1n) is 7.68. The predicted molar refractivity (Wildman–Crippen MR) is 97.3 cm³/mol. The number of carbonyl (C=O) groups excluding carboxylic acids is 1. The van der Waals surface area contributed by atoms with E-state index in [1.807, 2.05) is 6.92 Å². The van der Waals surface area contributed by atoms with Gasteiger partial charge in [0.1, 0.15) is 0 Å². The van der Waals surface area contributed by atoms with Gasteiger partial charge in [0.15, 0.2) is 0 Å². The zero-order valence-corrected chi connectivity index (χ0v) is 15.1. The molecular weight excluding hydrogens is 329 g/mol. The molecule has 2 aromatic carbocycles. The van der Waals surface area contributed by atoms with Crippen LogP contribution in [0, 0.1) is 13.8 Å². The Morgan fingerprint density at radius 1 is 1.13 bits per heavy atom. The maximum absolute atomic E-state index is 12.2. The summed E-state index contributed by atoms with van der Waals surface area (Å²) in [5, 5.41) is 4.26. The summed E-state index contributed by atoms with van der Waals surface area (Å²) in [6.07, 6.45) is 0.891. The van der Waals surface area contributed by atoms with Crippen LogP contribution >= 0.6 is 23.2 Å². The topological polar surface area (TPSA) is 29.1 Å². The van der Waals surface area contributed by atoms with E-state index >= 15 is 0 Å². The molecule has 0 bridgehead atoms. The monoisotopic (exact) mass is 349 g/mol. The minimum absolute atomic E-state index is 0.00519. The number of hydrogen-bond acceptors (Lipinski definition) is 1. The molecule has 2 rings (SSSR count). The maximum Gasteiger partial charge on any atom is 0.220 e. The molecule has 0 fully saturated rings. The molecule has 2 nitrogen and oxygen atoms in total. The average Bonchev–Trinajstić information content (AvgIpc) is 2.49. The second-order valence-electron chi connectivity index (χ2n) is 5.85. The molecule has 1 amide bonds. The van der Waals surface area contributed by atoms with Gasteiger partial charge in [-0.05, 0) is 56.0 Å². The summed E-state index contributed by atoms with van der Waals surface area (Å²) in [7, 11) is 0. The highest BCUT2D eigenvalue weighted by atomic mass is 35.5. The standard InChI is InChI=1S/C19H21Cl2NO/c1-12-7-8-13(2)16(11-12)14(3)22-19(23)10-9-15-17(20)5-4-6-18(15)21/h4-8,11,14H,9-10H2,1-3H3,(H,22,23)/t14-/m0/s1. The Morgan fingerprint density at radius 2 is 1.78 bits per heavy atom. The van der Waals surface area contributed by atoms with Crippen molar-refractivity contribution in [1.29, 1.82) is 0 Å². The first-order valence-corrected chi connectivity index (χ1v) is 8.43. The molecule has 0 spiro atoms. The molecule has 0 radical (unpaired) electrons. The highest BCUT2D eigenvalue weighted by Crippen LogP contribution is 2.25. The Morgan fingerprint density at radius 3 is 2.43 bits per heavy atom. The third kappa shape index (κ3) is 4.73. The van der Waals surface area contributed by atoms with E-state index in [0.29, 0.717) is 22.9 Å². The molecule has 0 aliphatic rings. The zero-order valence-electron chi connectivity index (χ0n) is 13.6.